The van der Waals surface area contributed by atoms with Crippen LogP contribution < -0.4 is 0 Å². The Bertz CT molecular complexity index is 694. The van der Waals surface area contributed by atoms with E-state index >= 15 is 0 Å². The van der Waals surface area contributed by atoms with E-state index in [1.165, 1.54) is 10.9 Å². The van der Waals surface area contributed by atoms with E-state index in [-0.39, 0.29) is 12.1 Å². The topological polar surface area (TPSA) is 33.4 Å². The van der Waals surface area contributed by atoms with Gasteiger partial charge < -0.3 is 9.47 Å². The number of amidine groups is 1. The molecule has 0 amide bonds. The molecule has 2 aliphatic rings. The summed E-state index contributed by atoms with van der Waals surface area (Å²) in [6.07, 6.45) is 5.14. The molecule has 5 heteroatoms. The smallest absolute Gasteiger partial charge is 0.160 e. The summed E-state index contributed by atoms with van der Waals surface area (Å²) in [5, 5.41) is 1.19. The molecule has 2 aromatic rings. The van der Waals surface area contributed by atoms with E-state index in [0.717, 1.165) is 17.9 Å². The zero-order chi connectivity index (χ0) is 15.1. The fourth-order valence-electron chi connectivity index (χ4n) is 3.45. The second kappa shape index (κ2) is 5.47. The van der Waals surface area contributed by atoms with Gasteiger partial charge in [-0.15, -0.1) is 0 Å². The first-order valence-corrected chi connectivity index (χ1v) is 8.79. The molecule has 0 bridgehead atoms. The van der Waals surface area contributed by atoms with Crippen molar-refractivity contribution in [2.45, 2.75) is 31.5 Å². The van der Waals surface area contributed by atoms with E-state index in [1.54, 1.807) is 0 Å². The maximum absolute atomic E-state index is 5.03. The van der Waals surface area contributed by atoms with Crippen LogP contribution in [0, 0.1) is 0 Å². The molecule has 1 fully saturated rings. The number of aromatic nitrogens is 2. The van der Waals surface area contributed by atoms with Gasteiger partial charge in [0.2, 0.25) is 0 Å². The minimum Gasteiger partial charge on any atom is -0.353 e. The highest BCUT2D eigenvalue weighted by molar-refractivity contribution is 8.14. The van der Waals surface area contributed by atoms with E-state index in [2.05, 4.69) is 58.9 Å². The molecule has 0 N–H and O–H groups in total. The first-order valence-electron chi connectivity index (χ1n) is 7.80. The minimum atomic E-state index is 0.0895. The van der Waals surface area contributed by atoms with Crippen molar-refractivity contribution in [3.05, 3.63) is 54.1 Å². The van der Waals surface area contributed by atoms with Crippen LogP contribution in [0.5, 0.6) is 0 Å². The fraction of sp³-hybridized carbons (Fsp3) is 0.412. The number of aliphatic imine (C=N–C) groups is 1. The average molecular weight is 312 g/mol. The van der Waals surface area contributed by atoms with E-state index < -0.39 is 0 Å². The third kappa shape index (κ3) is 2.07. The lowest BCUT2D eigenvalue weighted by Gasteiger charge is -2.31. The molecule has 4 nitrogen and oxygen atoms in total. The van der Waals surface area contributed by atoms with Crippen LogP contribution in [-0.2, 0) is 7.05 Å². The third-order valence-electron chi connectivity index (χ3n) is 4.62. The molecular weight excluding hydrogens is 292 g/mol. The van der Waals surface area contributed by atoms with Gasteiger partial charge in [0.15, 0.2) is 5.17 Å². The molecule has 2 aromatic heterocycles. The summed E-state index contributed by atoms with van der Waals surface area (Å²) >= 11 is 1.89. The quantitative estimate of drug-likeness (QED) is 0.871. The summed E-state index contributed by atoms with van der Waals surface area (Å²) in [6.45, 7) is 2.27. The van der Waals surface area contributed by atoms with Crippen molar-refractivity contribution in [1.82, 2.24) is 14.5 Å². The van der Waals surface area contributed by atoms with Crippen molar-refractivity contribution < 1.29 is 0 Å². The molecule has 0 unspecified atom stereocenters. The van der Waals surface area contributed by atoms with Gasteiger partial charge in [0.1, 0.15) is 6.04 Å². The van der Waals surface area contributed by atoms with Crippen molar-refractivity contribution in [3.8, 4) is 0 Å². The predicted octanol–water partition coefficient (Wildman–Crippen LogP) is 3.40. The highest BCUT2D eigenvalue weighted by Crippen LogP contribution is 2.48. The van der Waals surface area contributed by atoms with E-state index in [9.17, 15) is 0 Å². The Kier molecular flexibility index (Phi) is 3.45. The number of hydrogen-bond donors (Lipinski definition) is 0. The standard InChI is InChI=1S/C17H20N4S/c1-3-12-11-22-17-19-15(13-7-4-5-9-18-13)16(21(12)17)14-8-6-10-20(14)2/h4-10,12,15-16H,3,11H2,1-2H3/t12-,15+,16-/m1/s1. The molecule has 2 aliphatic heterocycles. The van der Waals surface area contributed by atoms with Crippen LogP contribution in [0.15, 0.2) is 47.7 Å². The fourth-order valence-corrected chi connectivity index (χ4v) is 4.79. The molecule has 0 aliphatic carbocycles. The van der Waals surface area contributed by atoms with Crippen molar-refractivity contribution in [3.63, 3.8) is 0 Å². The normalized spacial score (nSPS) is 27.1. The van der Waals surface area contributed by atoms with Gasteiger partial charge in [0.05, 0.1) is 11.7 Å². The number of nitrogens with zero attached hydrogens (tertiary/aromatic N) is 4. The lowest BCUT2D eigenvalue weighted by molar-refractivity contribution is 0.247. The van der Waals surface area contributed by atoms with Gasteiger partial charge >= 0.3 is 0 Å². The van der Waals surface area contributed by atoms with Gasteiger partial charge in [-0.3, -0.25) is 9.98 Å². The molecule has 22 heavy (non-hydrogen) atoms. The maximum atomic E-state index is 5.03. The summed E-state index contributed by atoms with van der Waals surface area (Å²) in [5.74, 6) is 1.14. The zero-order valence-electron chi connectivity index (χ0n) is 12.9. The number of aryl methyl sites for hydroxylation is 1. The highest BCUT2D eigenvalue weighted by atomic mass is 32.2. The summed E-state index contributed by atoms with van der Waals surface area (Å²) in [6, 6.07) is 11.4. The largest absolute Gasteiger partial charge is 0.353 e. The molecule has 114 valence electrons. The lowest BCUT2D eigenvalue weighted by atomic mass is 9.99. The summed E-state index contributed by atoms with van der Waals surface area (Å²) in [7, 11) is 2.12. The van der Waals surface area contributed by atoms with Crippen LogP contribution in [0.2, 0.25) is 0 Å². The average Bonchev–Trinajstić information content (AvgIpc) is 3.22. The maximum Gasteiger partial charge on any atom is 0.160 e. The summed E-state index contributed by atoms with van der Waals surface area (Å²) in [4.78, 5) is 12.1. The molecule has 0 aromatic carbocycles. The Morgan fingerprint density at radius 3 is 2.86 bits per heavy atom. The first kappa shape index (κ1) is 13.9. The van der Waals surface area contributed by atoms with Gasteiger partial charge in [0, 0.05) is 36.9 Å². The number of thioether (sulfide) groups is 1. The Hall–Kier alpha value is -1.75. The number of rotatable bonds is 3. The van der Waals surface area contributed by atoms with Crippen molar-refractivity contribution in [2.75, 3.05) is 5.75 Å². The molecule has 0 saturated carbocycles. The second-order valence-corrected chi connectivity index (χ2v) is 6.87. The van der Waals surface area contributed by atoms with E-state index in [0.29, 0.717) is 6.04 Å². The SMILES string of the molecule is CC[C@@H]1CSC2=N[C@@H](c3ccccn3)[C@@H](c3cccn3C)N21. The molecule has 4 rings (SSSR count). The van der Waals surface area contributed by atoms with E-state index in [1.807, 2.05) is 24.0 Å². The van der Waals surface area contributed by atoms with Crippen LogP contribution in [0.25, 0.3) is 0 Å². The minimum absolute atomic E-state index is 0.0895. The van der Waals surface area contributed by atoms with Gasteiger partial charge in [0.25, 0.3) is 0 Å². The molecular formula is C17H20N4S. The van der Waals surface area contributed by atoms with E-state index in [4.69, 9.17) is 4.99 Å². The van der Waals surface area contributed by atoms with Crippen LogP contribution in [0.3, 0.4) is 0 Å². The van der Waals surface area contributed by atoms with Gasteiger partial charge in [-0.25, -0.2) is 0 Å². The molecule has 1 saturated heterocycles. The Balaban J connectivity index is 1.80. The Morgan fingerprint density at radius 2 is 2.18 bits per heavy atom. The van der Waals surface area contributed by atoms with Crippen LogP contribution in [-0.4, -0.2) is 31.4 Å². The molecule has 0 radical (unpaired) electrons. The molecule has 3 atom stereocenters. The summed E-state index contributed by atoms with van der Waals surface area (Å²) in [5.41, 5.74) is 2.38. The second-order valence-electron chi connectivity index (χ2n) is 5.88. The zero-order valence-corrected chi connectivity index (χ0v) is 13.7. The third-order valence-corrected chi connectivity index (χ3v) is 5.74. The van der Waals surface area contributed by atoms with Crippen molar-refractivity contribution >= 4 is 16.9 Å². The summed E-state index contributed by atoms with van der Waals surface area (Å²) < 4.78 is 2.22. The van der Waals surface area contributed by atoms with Crippen LogP contribution in [0.4, 0.5) is 0 Å². The first-order chi connectivity index (χ1) is 10.8. The van der Waals surface area contributed by atoms with Gasteiger partial charge in [-0.2, -0.15) is 0 Å². The highest BCUT2D eigenvalue weighted by Gasteiger charge is 2.46. The van der Waals surface area contributed by atoms with Crippen molar-refractivity contribution in [2.24, 2.45) is 12.0 Å². The number of fused-ring (bicyclic) bond motifs is 1. The van der Waals surface area contributed by atoms with Crippen LogP contribution in [0.1, 0.15) is 36.8 Å². The molecule has 4 heterocycles. The van der Waals surface area contributed by atoms with Crippen LogP contribution >= 0.6 is 11.8 Å². The monoisotopic (exact) mass is 312 g/mol. The lowest BCUT2D eigenvalue weighted by Crippen LogP contribution is -2.36. The Labute approximate surface area is 135 Å². The van der Waals surface area contributed by atoms with Crippen molar-refractivity contribution in [1.29, 1.82) is 0 Å². The predicted molar refractivity (Wildman–Crippen MR) is 90.9 cm³/mol. The number of pyridine rings is 1. The van der Waals surface area contributed by atoms with Gasteiger partial charge in [-0.1, -0.05) is 24.8 Å². The van der Waals surface area contributed by atoms with Gasteiger partial charge in [-0.05, 0) is 30.7 Å². The molecule has 0 spiro atoms. The Morgan fingerprint density at radius 1 is 1.27 bits per heavy atom. The number of hydrogen-bond acceptors (Lipinski definition) is 4.